The molecule has 0 saturated heterocycles. The number of methoxy groups -OCH3 is 1. The minimum atomic E-state index is -5.28. The molecule has 0 fully saturated rings. The van der Waals surface area contributed by atoms with Crippen LogP contribution in [0.4, 0.5) is 23.2 Å². The third-order valence-corrected chi connectivity index (χ3v) is 3.58. The Labute approximate surface area is 138 Å². The minimum absolute atomic E-state index is 0.0111. The molecule has 2 unspecified atom stereocenters. The molecule has 0 aliphatic carbocycles. The lowest BCUT2D eigenvalue weighted by molar-refractivity contribution is -0.272. The van der Waals surface area contributed by atoms with Gasteiger partial charge < -0.3 is 14.9 Å². The highest BCUT2D eigenvalue weighted by molar-refractivity contribution is 6.32. The summed E-state index contributed by atoms with van der Waals surface area (Å²) in [6, 6.07) is 1.82. The standard InChI is InChI=1S/C13H13ClF4N2O4/c1-6(11(21)22)12(23,13(16,17)18)5-19-20-9-4-10(24-2)7(14)3-8(9)15/h3-4,6,23H,5H2,1-2H3,(H,21,22). The zero-order valence-electron chi connectivity index (χ0n) is 12.4. The summed E-state index contributed by atoms with van der Waals surface area (Å²) in [7, 11) is 1.23. The number of nitrogens with zero attached hydrogens (tertiary/aromatic N) is 2. The number of carboxylic acid groups (broad SMARTS) is 1. The molecule has 0 aliphatic heterocycles. The predicted molar refractivity (Wildman–Crippen MR) is 75.1 cm³/mol. The third-order valence-electron chi connectivity index (χ3n) is 3.29. The Morgan fingerprint density at radius 1 is 1.42 bits per heavy atom. The summed E-state index contributed by atoms with van der Waals surface area (Å²) in [6.45, 7) is -0.744. The first kappa shape index (κ1) is 20.1. The molecule has 24 heavy (non-hydrogen) atoms. The molecule has 2 atom stereocenters. The zero-order chi connectivity index (χ0) is 18.7. The van der Waals surface area contributed by atoms with Crippen LogP contribution in [0, 0.1) is 11.7 Å². The summed E-state index contributed by atoms with van der Waals surface area (Å²) in [5.41, 5.74) is -4.14. The number of carboxylic acids is 1. The summed E-state index contributed by atoms with van der Waals surface area (Å²) < 4.78 is 57.3. The summed E-state index contributed by atoms with van der Waals surface area (Å²) in [6.07, 6.45) is -5.28. The minimum Gasteiger partial charge on any atom is -0.495 e. The Morgan fingerprint density at radius 2 is 2.00 bits per heavy atom. The smallest absolute Gasteiger partial charge is 0.419 e. The number of halogens is 5. The normalized spacial score (nSPS) is 16.0. The van der Waals surface area contributed by atoms with E-state index in [2.05, 4.69) is 10.2 Å². The Bertz CT molecular complexity index is 654. The highest BCUT2D eigenvalue weighted by Crippen LogP contribution is 2.37. The maximum absolute atomic E-state index is 13.6. The van der Waals surface area contributed by atoms with Crippen molar-refractivity contribution in [2.24, 2.45) is 16.1 Å². The Kier molecular flexibility index (Phi) is 6.12. The van der Waals surface area contributed by atoms with Crippen molar-refractivity contribution in [3.05, 3.63) is 23.0 Å². The second-order valence-electron chi connectivity index (χ2n) is 4.82. The van der Waals surface area contributed by atoms with Crippen LogP contribution in [0.5, 0.6) is 5.75 Å². The molecule has 2 N–H and O–H groups in total. The molecule has 0 aromatic heterocycles. The van der Waals surface area contributed by atoms with E-state index in [1.807, 2.05) is 0 Å². The van der Waals surface area contributed by atoms with Gasteiger partial charge in [0.1, 0.15) is 11.4 Å². The molecule has 11 heteroatoms. The fourth-order valence-corrected chi connectivity index (χ4v) is 1.87. The molecule has 1 aromatic rings. The van der Waals surface area contributed by atoms with Crippen LogP contribution in [0.25, 0.3) is 0 Å². The van der Waals surface area contributed by atoms with E-state index in [0.29, 0.717) is 6.92 Å². The van der Waals surface area contributed by atoms with Crippen molar-refractivity contribution < 1.29 is 37.3 Å². The van der Waals surface area contributed by atoms with Crippen LogP contribution in [0.15, 0.2) is 22.4 Å². The van der Waals surface area contributed by atoms with E-state index in [4.69, 9.17) is 21.4 Å². The number of carbonyl (C=O) groups is 1. The zero-order valence-corrected chi connectivity index (χ0v) is 13.2. The number of azo groups is 1. The topological polar surface area (TPSA) is 91.5 Å². The van der Waals surface area contributed by atoms with E-state index in [0.717, 1.165) is 12.1 Å². The van der Waals surface area contributed by atoms with Crippen molar-refractivity contribution in [2.75, 3.05) is 13.7 Å². The first-order valence-electron chi connectivity index (χ1n) is 6.36. The van der Waals surface area contributed by atoms with Gasteiger partial charge in [-0.3, -0.25) is 4.79 Å². The molecular weight excluding hydrogens is 360 g/mol. The van der Waals surface area contributed by atoms with Gasteiger partial charge in [0.05, 0.1) is 24.6 Å². The summed E-state index contributed by atoms with van der Waals surface area (Å²) >= 11 is 5.65. The van der Waals surface area contributed by atoms with Crippen LogP contribution in [0.1, 0.15) is 6.92 Å². The highest BCUT2D eigenvalue weighted by atomic mass is 35.5. The number of hydrogen-bond donors (Lipinski definition) is 2. The number of aliphatic hydroxyl groups is 1. The van der Waals surface area contributed by atoms with E-state index < -0.39 is 41.7 Å². The van der Waals surface area contributed by atoms with Crippen LogP contribution in [-0.4, -0.2) is 41.6 Å². The quantitative estimate of drug-likeness (QED) is 0.589. The number of ether oxygens (including phenoxy) is 1. The summed E-state index contributed by atoms with van der Waals surface area (Å²) in [5, 5.41) is 24.7. The largest absolute Gasteiger partial charge is 0.495 e. The van der Waals surface area contributed by atoms with Crippen LogP contribution in [0.2, 0.25) is 5.02 Å². The monoisotopic (exact) mass is 372 g/mol. The molecule has 1 aromatic carbocycles. The number of rotatable bonds is 6. The van der Waals surface area contributed by atoms with Gasteiger partial charge in [0.2, 0.25) is 0 Å². The lowest BCUT2D eigenvalue weighted by atomic mass is 9.88. The van der Waals surface area contributed by atoms with Crippen molar-refractivity contribution in [1.29, 1.82) is 0 Å². The van der Waals surface area contributed by atoms with Gasteiger partial charge in [0.25, 0.3) is 0 Å². The van der Waals surface area contributed by atoms with Gasteiger partial charge >= 0.3 is 12.1 Å². The first-order chi connectivity index (χ1) is 10.9. The molecule has 0 saturated carbocycles. The molecule has 0 heterocycles. The van der Waals surface area contributed by atoms with Gasteiger partial charge in [-0.2, -0.15) is 23.4 Å². The van der Waals surface area contributed by atoms with Gasteiger partial charge in [-0.15, -0.1) is 0 Å². The van der Waals surface area contributed by atoms with Crippen LogP contribution < -0.4 is 4.74 Å². The molecular formula is C13H13ClF4N2O4. The first-order valence-corrected chi connectivity index (χ1v) is 6.74. The molecule has 0 aliphatic rings. The molecule has 0 amide bonds. The lowest BCUT2D eigenvalue weighted by Crippen LogP contribution is -2.55. The van der Waals surface area contributed by atoms with Crippen molar-refractivity contribution in [3.8, 4) is 5.75 Å². The van der Waals surface area contributed by atoms with Crippen molar-refractivity contribution in [2.45, 2.75) is 18.7 Å². The highest BCUT2D eigenvalue weighted by Gasteiger charge is 2.59. The van der Waals surface area contributed by atoms with Crippen LogP contribution >= 0.6 is 11.6 Å². The van der Waals surface area contributed by atoms with Gasteiger partial charge in [0, 0.05) is 6.07 Å². The van der Waals surface area contributed by atoms with E-state index in [9.17, 15) is 27.5 Å². The summed E-state index contributed by atoms with van der Waals surface area (Å²) in [4.78, 5) is 10.8. The SMILES string of the molecule is COc1cc(N=NCC(O)(C(C)C(=O)O)C(F)(F)F)c(F)cc1Cl. The number of alkyl halides is 3. The second kappa shape index (κ2) is 7.31. The lowest BCUT2D eigenvalue weighted by Gasteiger charge is -2.31. The van der Waals surface area contributed by atoms with Crippen molar-refractivity contribution in [3.63, 3.8) is 0 Å². The third kappa shape index (κ3) is 4.12. The van der Waals surface area contributed by atoms with E-state index in [1.54, 1.807) is 0 Å². The Hall–Kier alpha value is -1.94. The van der Waals surface area contributed by atoms with Gasteiger partial charge in [-0.05, 0) is 13.0 Å². The molecule has 0 radical (unpaired) electrons. The Balaban J connectivity index is 3.12. The van der Waals surface area contributed by atoms with Crippen LogP contribution in [0.3, 0.4) is 0 Å². The molecule has 1 rings (SSSR count). The molecule has 6 nitrogen and oxygen atoms in total. The van der Waals surface area contributed by atoms with Crippen LogP contribution in [-0.2, 0) is 4.79 Å². The summed E-state index contributed by atoms with van der Waals surface area (Å²) in [5.74, 6) is -5.05. The fourth-order valence-electron chi connectivity index (χ4n) is 1.65. The number of hydrogen-bond acceptors (Lipinski definition) is 5. The molecule has 0 bridgehead atoms. The maximum atomic E-state index is 13.6. The number of benzene rings is 1. The van der Waals surface area contributed by atoms with Gasteiger partial charge in [-0.1, -0.05) is 11.6 Å². The number of aliphatic carboxylic acids is 1. The average molecular weight is 373 g/mol. The maximum Gasteiger partial charge on any atom is 0.419 e. The molecule has 134 valence electrons. The fraction of sp³-hybridized carbons (Fsp3) is 0.462. The Morgan fingerprint density at radius 3 is 2.46 bits per heavy atom. The molecule has 0 spiro atoms. The van der Waals surface area contributed by atoms with E-state index in [-0.39, 0.29) is 10.8 Å². The van der Waals surface area contributed by atoms with Crippen molar-refractivity contribution in [1.82, 2.24) is 0 Å². The predicted octanol–water partition coefficient (Wildman–Crippen LogP) is 3.59. The van der Waals surface area contributed by atoms with Gasteiger partial charge in [0.15, 0.2) is 11.4 Å². The van der Waals surface area contributed by atoms with E-state index >= 15 is 0 Å². The average Bonchev–Trinajstić information content (AvgIpc) is 2.47. The van der Waals surface area contributed by atoms with Crippen molar-refractivity contribution >= 4 is 23.3 Å². The van der Waals surface area contributed by atoms with E-state index in [1.165, 1.54) is 7.11 Å². The second-order valence-corrected chi connectivity index (χ2v) is 5.23. The van der Waals surface area contributed by atoms with Gasteiger partial charge in [-0.25, -0.2) is 4.39 Å².